The second kappa shape index (κ2) is 12.5. The molecule has 14 heteroatoms. The first kappa shape index (κ1) is 33.3. The summed E-state index contributed by atoms with van der Waals surface area (Å²) in [6.45, 7) is 6.72. The standard InChI is InChI=1S/C34H39F3N6O5/c1-33(2,3)48-32(46)42-14-12-19(13-15-42)26(44)18-43-17-24-22(6-5-7-25(24)40-43)28-29(20-8-9-20)41(4)31(39-28)23-11-10-21(30(38)45)16-27(23)47-34(35,36)37/h5-7,10-11,16-17,19-20,26,44H,8-9,12-15,18H2,1-4H3,(H2,38,45). The molecule has 0 bridgehead atoms. The Bertz CT molecular complexity index is 1850. The molecule has 1 atom stereocenters. The van der Waals surface area contributed by atoms with Crippen LogP contribution >= 0.6 is 0 Å². The lowest BCUT2D eigenvalue weighted by molar-refractivity contribution is -0.274. The molecule has 2 aliphatic rings. The van der Waals surface area contributed by atoms with Gasteiger partial charge in [-0.15, -0.1) is 13.2 Å². The molecule has 48 heavy (non-hydrogen) atoms. The van der Waals surface area contributed by atoms with E-state index in [1.54, 1.807) is 21.2 Å². The van der Waals surface area contributed by atoms with Gasteiger partial charge in [-0.1, -0.05) is 12.1 Å². The van der Waals surface area contributed by atoms with Gasteiger partial charge in [0, 0.05) is 54.5 Å². The minimum absolute atomic E-state index is 0.0237. The number of amides is 2. The maximum absolute atomic E-state index is 13.4. The first-order chi connectivity index (χ1) is 22.6. The van der Waals surface area contributed by atoms with Gasteiger partial charge in [-0.05, 0) is 76.6 Å². The van der Waals surface area contributed by atoms with Gasteiger partial charge in [0.05, 0.1) is 29.4 Å². The monoisotopic (exact) mass is 668 g/mol. The molecule has 2 fully saturated rings. The number of likely N-dealkylation sites (tertiary alicyclic amines) is 1. The molecule has 2 aromatic carbocycles. The first-order valence-corrected chi connectivity index (χ1v) is 16.0. The van der Waals surface area contributed by atoms with Crippen LogP contribution in [0, 0.1) is 5.92 Å². The van der Waals surface area contributed by atoms with Crippen molar-refractivity contribution < 1.29 is 37.3 Å². The van der Waals surface area contributed by atoms with E-state index >= 15 is 0 Å². The number of ether oxygens (including phenoxy) is 2. The zero-order valence-corrected chi connectivity index (χ0v) is 27.3. The minimum atomic E-state index is -5.00. The number of carbonyl (C=O) groups is 2. The average Bonchev–Trinajstić information content (AvgIpc) is 3.66. The maximum Gasteiger partial charge on any atom is 0.573 e. The van der Waals surface area contributed by atoms with Crippen LogP contribution in [0.3, 0.4) is 0 Å². The summed E-state index contributed by atoms with van der Waals surface area (Å²) in [6, 6.07) is 9.31. The number of carbonyl (C=O) groups excluding carboxylic acids is 2. The fourth-order valence-electron chi connectivity index (χ4n) is 6.37. The number of halogens is 3. The van der Waals surface area contributed by atoms with Crippen LogP contribution in [0.5, 0.6) is 5.75 Å². The highest BCUT2D eigenvalue weighted by Gasteiger charge is 2.36. The van der Waals surface area contributed by atoms with Crippen LogP contribution < -0.4 is 10.5 Å². The van der Waals surface area contributed by atoms with E-state index in [1.165, 1.54) is 12.1 Å². The van der Waals surface area contributed by atoms with Crippen molar-refractivity contribution in [2.75, 3.05) is 13.1 Å². The number of nitrogens with zero attached hydrogens (tertiary/aromatic N) is 5. The molecule has 1 aliphatic heterocycles. The van der Waals surface area contributed by atoms with Gasteiger partial charge >= 0.3 is 12.5 Å². The molecule has 1 unspecified atom stereocenters. The molecular weight excluding hydrogens is 629 g/mol. The summed E-state index contributed by atoms with van der Waals surface area (Å²) in [6.07, 6.45) is -1.10. The lowest BCUT2D eigenvalue weighted by Gasteiger charge is -2.35. The number of aliphatic hydroxyl groups excluding tert-OH is 1. The maximum atomic E-state index is 13.4. The van der Waals surface area contributed by atoms with Crippen molar-refractivity contribution in [2.45, 2.75) is 77.0 Å². The van der Waals surface area contributed by atoms with Crippen LogP contribution in [0.4, 0.5) is 18.0 Å². The number of rotatable bonds is 8. The number of aromatic nitrogens is 4. The summed E-state index contributed by atoms with van der Waals surface area (Å²) < 4.78 is 53.6. The van der Waals surface area contributed by atoms with Gasteiger partial charge in [-0.3, -0.25) is 9.48 Å². The van der Waals surface area contributed by atoms with Crippen LogP contribution in [0.15, 0.2) is 42.6 Å². The van der Waals surface area contributed by atoms with Gasteiger partial charge in [0.1, 0.15) is 17.2 Å². The molecule has 1 saturated heterocycles. The Labute approximate surface area is 275 Å². The van der Waals surface area contributed by atoms with E-state index in [4.69, 9.17) is 20.6 Å². The highest BCUT2D eigenvalue weighted by molar-refractivity contribution is 5.96. The highest BCUT2D eigenvalue weighted by atomic mass is 19.4. The van der Waals surface area contributed by atoms with Crippen molar-refractivity contribution in [2.24, 2.45) is 18.7 Å². The van der Waals surface area contributed by atoms with E-state index in [0.717, 1.165) is 35.6 Å². The van der Waals surface area contributed by atoms with E-state index < -0.39 is 29.7 Å². The predicted molar refractivity (Wildman–Crippen MR) is 171 cm³/mol. The van der Waals surface area contributed by atoms with Gasteiger partial charge in [0.15, 0.2) is 0 Å². The number of benzene rings is 2. The number of imidazole rings is 1. The minimum Gasteiger partial charge on any atom is -0.444 e. The Hall–Kier alpha value is -4.59. The van der Waals surface area contributed by atoms with E-state index in [0.29, 0.717) is 37.1 Å². The molecule has 3 N–H and O–H groups in total. The number of fused-ring (bicyclic) bond motifs is 1. The van der Waals surface area contributed by atoms with Crippen molar-refractivity contribution in [1.29, 1.82) is 0 Å². The zero-order valence-electron chi connectivity index (χ0n) is 27.3. The van der Waals surface area contributed by atoms with Gasteiger partial charge in [0.25, 0.3) is 0 Å². The van der Waals surface area contributed by atoms with Crippen molar-refractivity contribution in [3.05, 3.63) is 53.9 Å². The van der Waals surface area contributed by atoms with Crippen LogP contribution in [-0.4, -0.2) is 72.5 Å². The molecule has 0 radical (unpaired) electrons. The zero-order chi connectivity index (χ0) is 34.5. The average molecular weight is 669 g/mol. The quantitative estimate of drug-likeness (QED) is 0.235. The molecule has 256 valence electrons. The fraction of sp³-hybridized carbons (Fsp3) is 0.471. The number of alkyl halides is 3. The number of primary amides is 1. The van der Waals surface area contributed by atoms with E-state index in [-0.39, 0.29) is 41.4 Å². The first-order valence-electron chi connectivity index (χ1n) is 16.0. The molecular formula is C34H39F3N6O5. The molecule has 11 nitrogen and oxygen atoms in total. The third-order valence-electron chi connectivity index (χ3n) is 8.80. The molecule has 1 aliphatic carbocycles. The fourth-order valence-corrected chi connectivity index (χ4v) is 6.37. The SMILES string of the molecule is Cn1c(-c2ccc(C(N)=O)cc2OC(F)(F)F)nc(-c2cccc3nn(CC(O)C4CCN(C(=O)OC(C)(C)C)CC4)cc23)c1C1CC1. The number of piperidine rings is 1. The smallest absolute Gasteiger partial charge is 0.444 e. The topological polar surface area (TPSA) is 138 Å². The Morgan fingerprint density at radius 1 is 1.06 bits per heavy atom. The lowest BCUT2D eigenvalue weighted by Crippen LogP contribution is -2.44. The summed E-state index contributed by atoms with van der Waals surface area (Å²) in [5.74, 6) is -1.06. The van der Waals surface area contributed by atoms with Crippen molar-refractivity contribution >= 4 is 22.9 Å². The Balaban J connectivity index is 1.28. The van der Waals surface area contributed by atoms with Gasteiger partial charge in [-0.2, -0.15) is 5.10 Å². The highest BCUT2D eigenvalue weighted by Crippen LogP contribution is 2.47. The van der Waals surface area contributed by atoms with Crippen LogP contribution in [0.2, 0.25) is 0 Å². The molecule has 2 amide bonds. The second-order valence-electron chi connectivity index (χ2n) is 13.6. The van der Waals surface area contributed by atoms with Crippen molar-refractivity contribution in [1.82, 2.24) is 24.2 Å². The summed E-state index contributed by atoms with van der Waals surface area (Å²) in [5.41, 5.74) is 7.64. The normalized spacial score (nSPS) is 16.7. The van der Waals surface area contributed by atoms with Gasteiger partial charge in [-0.25, -0.2) is 9.78 Å². The number of nitrogens with two attached hydrogens (primary N) is 1. The molecule has 1 saturated carbocycles. The molecule has 4 aromatic rings. The number of aliphatic hydroxyl groups is 1. The molecule has 3 heterocycles. The third kappa shape index (κ3) is 7.13. The van der Waals surface area contributed by atoms with E-state index in [2.05, 4.69) is 4.74 Å². The summed E-state index contributed by atoms with van der Waals surface area (Å²) in [5, 5.41) is 16.7. The summed E-state index contributed by atoms with van der Waals surface area (Å²) in [4.78, 5) is 30.8. The summed E-state index contributed by atoms with van der Waals surface area (Å²) >= 11 is 0. The lowest BCUT2D eigenvalue weighted by atomic mass is 9.91. The largest absolute Gasteiger partial charge is 0.573 e. The van der Waals surface area contributed by atoms with E-state index in [1.807, 2.05) is 45.2 Å². The number of hydrogen-bond donors (Lipinski definition) is 2. The van der Waals surface area contributed by atoms with Crippen LogP contribution in [0.25, 0.3) is 33.5 Å². The van der Waals surface area contributed by atoms with Crippen molar-refractivity contribution in [3.8, 4) is 28.4 Å². The van der Waals surface area contributed by atoms with Gasteiger partial charge < -0.3 is 29.8 Å². The Morgan fingerprint density at radius 2 is 1.77 bits per heavy atom. The number of hydrogen-bond acceptors (Lipinski definition) is 7. The summed E-state index contributed by atoms with van der Waals surface area (Å²) in [7, 11) is 1.76. The third-order valence-corrected chi connectivity index (χ3v) is 8.80. The van der Waals surface area contributed by atoms with E-state index in [9.17, 15) is 27.9 Å². The predicted octanol–water partition coefficient (Wildman–Crippen LogP) is 5.99. The Kier molecular flexibility index (Phi) is 8.65. The Morgan fingerprint density at radius 3 is 2.40 bits per heavy atom. The molecule has 0 spiro atoms. The molecule has 6 rings (SSSR count). The molecule has 2 aromatic heterocycles. The van der Waals surface area contributed by atoms with Crippen LogP contribution in [-0.2, 0) is 18.3 Å². The van der Waals surface area contributed by atoms with Crippen molar-refractivity contribution in [3.63, 3.8) is 0 Å². The van der Waals surface area contributed by atoms with Gasteiger partial charge in [0.2, 0.25) is 5.91 Å². The second-order valence-corrected chi connectivity index (χ2v) is 13.6. The van der Waals surface area contributed by atoms with Crippen LogP contribution in [0.1, 0.15) is 68.4 Å².